The van der Waals surface area contributed by atoms with Crippen LogP contribution in [0.25, 0.3) is 0 Å². The first-order valence-electron chi connectivity index (χ1n) is 9.20. The molecule has 0 atom stereocenters. The number of aryl methyl sites for hydroxylation is 1. The van der Waals surface area contributed by atoms with Crippen LogP contribution in [-0.2, 0) is 24.1 Å². The fourth-order valence-electron chi connectivity index (χ4n) is 3.36. The summed E-state index contributed by atoms with van der Waals surface area (Å²) in [5.74, 6) is 2.12. The molecule has 0 unspecified atom stereocenters. The summed E-state index contributed by atoms with van der Waals surface area (Å²) >= 11 is 0. The number of aromatic nitrogens is 2. The Labute approximate surface area is 159 Å². The standard InChI is InChI=1S/C20H27N3O4/c1-14-21-17-7-9-23(8-6-16(17)20(24)22-14)13-15-4-5-18(19(12-15)26-3)27-11-10-25-2/h4-5,12H,6-11,13H2,1-3H3,(H,21,22,24). The Hall–Kier alpha value is -2.38. The van der Waals surface area contributed by atoms with E-state index < -0.39 is 0 Å². The van der Waals surface area contributed by atoms with Crippen LogP contribution in [0.3, 0.4) is 0 Å². The third-order valence-electron chi connectivity index (χ3n) is 4.74. The van der Waals surface area contributed by atoms with Gasteiger partial charge in [-0.15, -0.1) is 0 Å². The molecule has 7 heteroatoms. The maximum absolute atomic E-state index is 12.2. The lowest BCUT2D eigenvalue weighted by Crippen LogP contribution is -2.26. The summed E-state index contributed by atoms with van der Waals surface area (Å²) in [6, 6.07) is 6.00. The van der Waals surface area contributed by atoms with Crippen LogP contribution >= 0.6 is 0 Å². The molecule has 0 radical (unpaired) electrons. The van der Waals surface area contributed by atoms with Gasteiger partial charge in [0.25, 0.3) is 5.56 Å². The Morgan fingerprint density at radius 1 is 1.15 bits per heavy atom. The minimum absolute atomic E-state index is 0.00132. The van der Waals surface area contributed by atoms with Crippen molar-refractivity contribution in [3.63, 3.8) is 0 Å². The highest BCUT2D eigenvalue weighted by Gasteiger charge is 2.18. The van der Waals surface area contributed by atoms with E-state index in [0.29, 0.717) is 31.2 Å². The number of nitrogens with one attached hydrogen (secondary N) is 1. The second-order valence-corrected chi connectivity index (χ2v) is 6.68. The lowest BCUT2D eigenvalue weighted by atomic mass is 10.1. The molecule has 2 aromatic rings. The highest BCUT2D eigenvalue weighted by Crippen LogP contribution is 2.28. The number of rotatable bonds is 7. The molecule has 0 aliphatic carbocycles. The van der Waals surface area contributed by atoms with E-state index in [1.54, 1.807) is 14.2 Å². The molecule has 2 heterocycles. The SMILES string of the molecule is COCCOc1ccc(CN2CCc3nc(C)[nH]c(=O)c3CC2)cc1OC. The molecule has 27 heavy (non-hydrogen) atoms. The molecule has 7 nitrogen and oxygen atoms in total. The average Bonchev–Trinajstić information content (AvgIpc) is 2.85. The summed E-state index contributed by atoms with van der Waals surface area (Å²) in [4.78, 5) is 21.9. The fraction of sp³-hybridized carbons (Fsp3) is 0.500. The zero-order valence-corrected chi connectivity index (χ0v) is 16.2. The highest BCUT2D eigenvalue weighted by molar-refractivity contribution is 5.43. The minimum Gasteiger partial charge on any atom is -0.493 e. The maximum Gasteiger partial charge on any atom is 0.254 e. The van der Waals surface area contributed by atoms with E-state index >= 15 is 0 Å². The summed E-state index contributed by atoms with van der Waals surface area (Å²) in [5, 5.41) is 0. The largest absolute Gasteiger partial charge is 0.493 e. The van der Waals surface area contributed by atoms with Crippen molar-refractivity contribution in [2.75, 3.05) is 40.5 Å². The van der Waals surface area contributed by atoms with E-state index in [9.17, 15) is 4.79 Å². The van der Waals surface area contributed by atoms with Crippen molar-refractivity contribution in [2.24, 2.45) is 0 Å². The van der Waals surface area contributed by atoms with Crippen LogP contribution < -0.4 is 15.0 Å². The second kappa shape index (κ2) is 9.01. The van der Waals surface area contributed by atoms with Gasteiger partial charge in [-0.2, -0.15) is 0 Å². The van der Waals surface area contributed by atoms with Gasteiger partial charge in [-0.1, -0.05) is 6.07 Å². The number of aromatic amines is 1. The summed E-state index contributed by atoms with van der Waals surface area (Å²) in [6.07, 6.45) is 1.50. The van der Waals surface area contributed by atoms with Crippen molar-refractivity contribution in [1.29, 1.82) is 0 Å². The molecular formula is C20H27N3O4. The van der Waals surface area contributed by atoms with Gasteiger partial charge in [-0.25, -0.2) is 4.98 Å². The molecule has 0 saturated heterocycles. The molecule has 1 aliphatic rings. The first-order valence-corrected chi connectivity index (χ1v) is 9.20. The number of H-pyrrole nitrogens is 1. The van der Waals surface area contributed by atoms with Crippen molar-refractivity contribution in [3.05, 3.63) is 51.2 Å². The van der Waals surface area contributed by atoms with E-state index in [1.807, 2.05) is 19.1 Å². The summed E-state index contributed by atoms with van der Waals surface area (Å²) < 4.78 is 16.2. The average molecular weight is 373 g/mol. The second-order valence-electron chi connectivity index (χ2n) is 6.68. The van der Waals surface area contributed by atoms with Crippen LogP contribution in [0.1, 0.15) is 22.6 Å². The van der Waals surface area contributed by atoms with E-state index in [0.717, 1.165) is 48.6 Å². The lowest BCUT2D eigenvalue weighted by Gasteiger charge is -2.20. The number of hydrogen-bond donors (Lipinski definition) is 1. The third kappa shape index (κ3) is 4.87. The molecule has 0 saturated carbocycles. The quantitative estimate of drug-likeness (QED) is 0.745. The molecule has 0 amide bonds. The normalized spacial score (nSPS) is 14.5. The van der Waals surface area contributed by atoms with Crippen molar-refractivity contribution in [1.82, 2.24) is 14.9 Å². The minimum atomic E-state index is -0.00132. The molecule has 1 aliphatic heterocycles. The summed E-state index contributed by atoms with van der Waals surface area (Å²) in [7, 11) is 3.29. The van der Waals surface area contributed by atoms with Gasteiger partial charge < -0.3 is 19.2 Å². The highest BCUT2D eigenvalue weighted by atomic mass is 16.5. The molecule has 146 valence electrons. The Bertz CT molecular complexity index is 834. The lowest BCUT2D eigenvalue weighted by molar-refractivity contribution is 0.144. The van der Waals surface area contributed by atoms with Crippen LogP contribution in [0.5, 0.6) is 11.5 Å². The van der Waals surface area contributed by atoms with Gasteiger partial charge in [0, 0.05) is 38.7 Å². The first kappa shape index (κ1) is 19.4. The molecule has 1 aromatic heterocycles. The smallest absolute Gasteiger partial charge is 0.254 e. The maximum atomic E-state index is 12.2. The van der Waals surface area contributed by atoms with Crippen molar-refractivity contribution in [2.45, 2.75) is 26.3 Å². The zero-order chi connectivity index (χ0) is 19.2. The van der Waals surface area contributed by atoms with Crippen LogP contribution in [0.2, 0.25) is 0 Å². The number of methoxy groups -OCH3 is 2. The van der Waals surface area contributed by atoms with Gasteiger partial charge in [0.2, 0.25) is 0 Å². The number of benzene rings is 1. The van der Waals surface area contributed by atoms with Gasteiger partial charge >= 0.3 is 0 Å². The zero-order valence-electron chi connectivity index (χ0n) is 16.2. The molecule has 0 fully saturated rings. The predicted molar refractivity (Wildman–Crippen MR) is 103 cm³/mol. The summed E-state index contributed by atoms with van der Waals surface area (Å²) in [6.45, 7) is 5.34. The van der Waals surface area contributed by atoms with Crippen molar-refractivity contribution >= 4 is 0 Å². The topological polar surface area (TPSA) is 76.7 Å². The van der Waals surface area contributed by atoms with Crippen LogP contribution in [-0.4, -0.2) is 55.4 Å². The molecule has 0 spiro atoms. The van der Waals surface area contributed by atoms with Crippen LogP contribution in [0, 0.1) is 6.92 Å². The Kier molecular flexibility index (Phi) is 6.47. The van der Waals surface area contributed by atoms with E-state index in [1.165, 1.54) is 0 Å². The molecular weight excluding hydrogens is 346 g/mol. The molecule has 0 bridgehead atoms. The Morgan fingerprint density at radius 2 is 1.96 bits per heavy atom. The van der Waals surface area contributed by atoms with E-state index in [2.05, 4.69) is 20.9 Å². The number of nitrogens with zero attached hydrogens (tertiary/aromatic N) is 2. The van der Waals surface area contributed by atoms with Gasteiger partial charge in [0.15, 0.2) is 11.5 Å². The Balaban J connectivity index is 1.67. The van der Waals surface area contributed by atoms with Crippen molar-refractivity contribution < 1.29 is 14.2 Å². The van der Waals surface area contributed by atoms with E-state index in [-0.39, 0.29) is 5.56 Å². The van der Waals surface area contributed by atoms with E-state index in [4.69, 9.17) is 14.2 Å². The van der Waals surface area contributed by atoms with Gasteiger partial charge in [-0.3, -0.25) is 9.69 Å². The number of hydrogen-bond acceptors (Lipinski definition) is 6. The van der Waals surface area contributed by atoms with Gasteiger partial charge in [0.1, 0.15) is 12.4 Å². The third-order valence-corrected chi connectivity index (χ3v) is 4.74. The molecule has 1 aromatic carbocycles. The number of fused-ring (bicyclic) bond motifs is 1. The fourth-order valence-corrected chi connectivity index (χ4v) is 3.36. The molecule has 1 N–H and O–H groups in total. The van der Waals surface area contributed by atoms with Crippen LogP contribution in [0.4, 0.5) is 0 Å². The van der Waals surface area contributed by atoms with Gasteiger partial charge in [-0.05, 0) is 31.0 Å². The Morgan fingerprint density at radius 3 is 2.74 bits per heavy atom. The van der Waals surface area contributed by atoms with Gasteiger partial charge in [0.05, 0.1) is 19.4 Å². The first-order chi connectivity index (χ1) is 13.1. The molecule has 3 rings (SSSR count). The van der Waals surface area contributed by atoms with Crippen molar-refractivity contribution in [3.8, 4) is 11.5 Å². The monoisotopic (exact) mass is 373 g/mol. The number of ether oxygens (including phenoxy) is 3. The predicted octanol–water partition coefficient (Wildman–Crippen LogP) is 1.71. The summed E-state index contributed by atoms with van der Waals surface area (Å²) in [5.41, 5.74) is 2.90. The van der Waals surface area contributed by atoms with Crippen LogP contribution in [0.15, 0.2) is 23.0 Å².